The first kappa shape index (κ1) is 17.8. The second kappa shape index (κ2) is 8.91. The van der Waals surface area contributed by atoms with Crippen LogP contribution >= 0.6 is 15.9 Å². The number of halogens is 1. The van der Waals surface area contributed by atoms with Crippen molar-refractivity contribution in [3.63, 3.8) is 0 Å². The van der Waals surface area contributed by atoms with Gasteiger partial charge < -0.3 is 14.6 Å². The highest BCUT2D eigenvalue weighted by molar-refractivity contribution is 9.10. The Balaban J connectivity index is 2.19. The van der Waals surface area contributed by atoms with Crippen molar-refractivity contribution in [1.29, 1.82) is 0 Å². The number of ether oxygens (including phenoxy) is 2. The number of hydrogen-bond donors (Lipinski definition) is 1. The molecule has 0 heterocycles. The summed E-state index contributed by atoms with van der Waals surface area (Å²) in [5.41, 5.74) is 2.31. The van der Waals surface area contributed by atoms with Gasteiger partial charge in [-0.3, -0.25) is 4.90 Å². The van der Waals surface area contributed by atoms with Crippen molar-refractivity contribution in [1.82, 2.24) is 4.90 Å². The first-order valence-corrected chi connectivity index (χ1v) is 8.24. The van der Waals surface area contributed by atoms with Gasteiger partial charge >= 0.3 is 0 Å². The molecule has 0 unspecified atom stereocenters. The summed E-state index contributed by atoms with van der Waals surface area (Å²) >= 11 is 3.59. The van der Waals surface area contributed by atoms with Crippen LogP contribution in [0.4, 0.5) is 0 Å². The maximum Gasteiger partial charge on any atom is 0.161 e. The molecule has 0 aliphatic heterocycles. The number of aliphatic hydroxyl groups is 1. The van der Waals surface area contributed by atoms with Gasteiger partial charge in [-0.15, -0.1) is 0 Å². The zero-order valence-corrected chi connectivity index (χ0v) is 15.0. The summed E-state index contributed by atoms with van der Waals surface area (Å²) in [6.07, 6.45) is 0. The summed E-state index contributed by atoms with van der Waals surface area (Å²) in [5, 5.41) is 9.35. The number of benzene rings is 2. The lowest BCUT2D eigenvalue weighted by Crippen LogP contribution is -2.26. The molecule has 0 saturated carbocycles. The zero-order valence-electron chi connectivity index (χ0n) is 13.5. The van der Waals surface area contributed by atoms with Crippen molar-refractivity contribution < 1.29 is 14.6 Å². The Morgan fingerprint density at radius 2 is 1.65 bits per heavy atom. The van der Waals surface area contributed by atoms with E-state index in [4.69, 9.17) is 9.47 Å². The maximum absolute atomic E-state index is 9.35. The van der Waals surface area contributed by atoms with Crippen LogP contribution in [0, 0.1) is 0 Å². The maximum atomic E-state index is 9.35. The molecule has 0 aromatic heterocycles. The van der Waals surface area contributed by atoms with Crippen LogP contribution in [-0.2, 0) is 13.1 Å². The van der Waals surface area contributed by atoms with Crippen LogP contribution in [0.3, 0.4) is 0 Å². The molecule has 0 radical (unpaired) electrons. The second-order valence-electron chi connectivity index (χ2n) is 5.22. The molecular formula is C18H22BrNO3. The lowest BCUT2D eigenvalue weighted by atomic mass is 10.1. The minimum Gasteiger partial charge on any atom is -0.493 e. The van der Waals surface area contributed by atoms with Gasteiger partial charge in [0.05, 0.1) is 20.8 Å². The molecule has 2 rings (SSSR count). The Morgan fingerprint density at radius 1 is 1.00 bits per heavy atom. The number of hydrogen-bond acceptors (Lipinski definition) is 4. The molecule has 2 aromatic carbocycles. The lowest BCUT2D eigenvalue weighted by Gasteiger charge is -2.23. The fraction of sp³-hybridized carbons (Fsp3) is 0.333. The SMILES string of the molecule is COc1cc(Br)c(CN(CCO)Cc2ccccc2)cc1OC. The van der Waals surface area contributed by atoms with E-state index in [1.54, 1.807) is 14.2 Å². The molecule has 0 bridgehead atoms. The molecule has 0 saturated heterocycles. The Morgan fingerprint density at radius 3 is 2.26 bits per heavy atom. The first-order valence-electron chi connectivity index (χ1n) is 7.45. The number of aliphatic hydroxyl groups excluding tert-OH is 1. The average molecular weight is 380 g/mol. The molecular weight excluding hydrogens is 358 g/mol. The van der Waals surface area contributed by atoms with Gasteiger partial charge in [0.1, 0.15) is 0 Å². The van der Waals surface area contributed by atoms with Gasteiger partial charge in [0.25, 0.3) is 0 Å². The summed E-state index contributed by atoms with van der Waals surface area (Å²) in [7, 11) is 3.25. The van der Waals surface area contributed by atoms with Gasteiger partial charge in [0, 0.05) is 24.1 Å². The summed E-state index contributed by atoms with van der Waals surface area (Å²) < 4.78 is 11.7. The van der Waals surface area contributed by atoms with Crippen LogP contribution in [0.1, 0.15) is 11.1 Å². The van der Waals surface area contributed by atoms with E-state index in [9.17, 15) is 5.11 Å². The molecule has 0 spiro atoms. The Kier molecular flexibility index (Phi) is 6.89. The molecule has 124 valence electrons. The van der Waals surface area contributed by atoms with Crippen LogP contribution in [-0.4, -0.2) is 37.4 Å². The molecule has 5 heteroatoms. The fourth-order valence-electron chi connectivity index (χ4n) is 2.46. The van der Waals surface area contributed by atoms with Crippen LogP contribution in [0.2, 0.25) is 0 Å². The zero-order chi connectivity index (χ0) is 16.7. The quantitative estimate of drug-likeness (QED) is 0.762. The Labute approximate surface area is 145 Å². The van der Waals surface area contributed by atoms with Gasteiger partial charge in [0.15, 0.2) is 11.5 Å². The van der Waals surface area contributed by atoms with Gasteiger partial charge in [0.2, 0.25) is 0 Å². The van der Waals surface area contributed by atoms with Gasteiger partial charge in [-0.25, -0.2) is 0 Å². The van der Waals surface area contributed by atoms with Crippen LogP contribution < -0.4 is 9.47 Å². The van der Waals surface area contributed by atoms with Crippen molar-refractivity contribution >= 4 is 15.9 Å². The van der Waals surface area contributed by atoms with Crippen molar-refractivity contribution in [3.8, 4) is 11.5 Å². The van der Waals surface area contributed by atoms with Crippen LogP contribution in [0.15, 0.2) is 46.9 Å². The number of methoxy groups -OCH3 is 2. The molecule has 2 aromatic rings. The normalized spacial score (nSPS) is 10.8. The molecule has 4 nitrogen and oxygen atoms in total. The second-order valence-corrected chi connectivity index (χ2v) is 6.07. The van der Waals surface area contributed by atoms with E-state index in [0.717, 1.165) is 16.6 Å². The molecule has 0 aliphatic carbocycles. The minimum atomic E-state index is 0.123. The minimum absolute atomic E-state index is 0.123. The van der Waals surface area contributed by atoms with E-state index < -0.39 is 0 Å². The van der Waals surface area contributed by atoms with Crippen LogP contribution in [0.25, 0.3) is 0 Å². The monoisotopic (exact) mass is 379 g/mol. The first-order chi connectivity index (χ1) is 11.2. The standard InChI is InChI=1S/C18H22BrNO3/c1-22-17-10-15(16(19)11-18(17)23-2)13-20(8-9-21)12-14-6-4-3-5-7-14/h3-7,10-11,21H,8-9,12-13H2,1-2H3. The summed E-state index contributed by atoms with van der Waals surface area (Å²) in [6.45, 7) is 2.21. The number of nitrogens with zero attached hydrogens (tertiary/aromatic N) is 1. The molecule has 1 N–H and O–H groups in total. The summed E-state index contributed by atoms with van der Waals surface area (Å²) in [4.78, 5) is 2.20. The highest BCUT2D eigenvalue weighted by Gasteiger charge is 2.13. The molecule has 0 atom stereocenters. The third kappa shape index (κ3) is 4.96. The molecule has 0 aliphatic rings. The van der Waals surface area contributed by atoms with Crippen molar-refractivity contribution in [2.45, 2.75) is 13.1 Å². The molecule has 23 heavy (non-hydrogen) atoms. The van der Waals surface area contributed by atoms with E-state index >= 15 is 0 Å². The Bertz CT molecular complexity index is 619. The largest absolute Gasteiger partial charge is 0.493 e. The van der Waals surface area contributed by atoms with Crippen molar-refractivity contribution in [2.75, 3.05) is 27.4 Å². The molecule has 0 amide bonds. The van der Waals surface area contributed by atoms with Gasteiger partial charge in [-0.1, -0.05) is 46.3 Å². The topological polar surface area (TPSA) is 41.9 Å². The van der Waals surface area contributed by atoms with Gasteiger partial charge in [-0.2, -0.15) is 0 Å². The van der Waals surface area contributed by atoms with Gasteiger partial charge in [-0.05, 0) is 23.3 Å². The van der Waals surface area contributed by atoms with E-state index in [-0.39, 0.29) is 6.61 Å². The van der Waals surface area contributed by atoms with E-state index in [1.807, 2.05) is 30.3 Å². The fourth-order valence-corrected chi connectivity index (χ4v) is 2.90. The Hall–Kier alpha value is -1.56. The predicted octanol–water partition coefficient (Wildman–Crippen LogP) is 3.46. The average Bonchev–Trinajstić information content (AvgIpc) is 2.57. The van der Waals surface area contributed by atoms with E-state index in [0.29, 0.717) is 24.6 Å². The lowest BCUT2D eigenvalue weighted by molar-refractivity contribution is 0.184. The van der Waals surface area contributed by atoms with Crippen LogP contribution in [0.5, 0.6) is 11.5 Å². The predicted molar refractivity (Wildman–Crippen MR) is 94.9 cm³/mol. The highest BCUT2D eigenvalue weighted by atomic mass is 79.9. The van der Waals surface area contributed by atoms with E-state index in [2.05, 4.69) is 33.0 Å². The third-order valence-corrected chi connectivity index (χ3v) is 4.35. The summed E-state index contributed by atoms with van der Waals surface area (Å²) in [6, 6.07) is 14.1. The van der Waals surface area contributed by atoms with E-state index in [1.165, 1.54) is 5.56 Å². The number of rotatable bonds is 8. The smallest absolute Gasteiger partial charge is 0.161 e. The summed E-state index contributed by atoms with van der Waals surface area (Å²) in [5.74, 6) is 1.40. The van der Waals surface area contributed by atoms with Crippen molar-refractivity contribution in [3.05, 3.63) is 58.1 Å². The molecule has 0 fully saturated rings. The van der Waals surface area contributed by atoms with Crippen molar-refractivity contribution in [2.24, 2.45) is 0 Å². The third-order valence-electron chi connectivity index (χ3n) is 3.61. The highest BCUT2D eigenvalue weighted by Crippen LogP contribution is 2.34.